The predicted molar refractivity (Wildman–Crippen MR) is 129 cm³/mol. The SMILES string of the molecule is CCCC[C@@H](NC(=O)Nc1ccc(Cl)cc1)C(=O)NCC1CCN(c2ccncc2)CC1. The minimum absolute atomic E-state index is 0.124. The summed E-state index contributed by atoms with van der Waals surface area (Å²) in [5.74, 6) is 0.313. The molecule has 32 heavy (non-hydrogen) atoms. The second kappa shape index (κ2) is 12.3. The van der Waals surface area contributed by atoms with Crippen molar-refractivity contribution in [2.75, 3.05) is 29.9 Å². The van der Waals surface area contributed by atoms with Crippen molar-refractivity contribution in [1.29, 1.82) is 0 Å². The van der Waals surface area contributed by atoms with Gasteiger partial charge in [0.25, 0.3) is 0 Å². The fourth-order valence-electron chi connectivity index (χ4n) is 3.85. The fourth-order valence-corrected chi connectivity index (χ4v) is 3.98. The fraction of sp³-hybridized carbons (Fsp3) is 0.458. The van der Waals surface area contributed by atoms with Crippen LogP contribution in [0.2, 0.25) is 5.02 Å². The number of unbranched alkanes of at least 4 members (excludes halogenated alkanes) is 1. The van der Waals surface area contributed by atoms with E-state index in [1.807, 2.05) is 24.5 Å². The molecule has 1 aliphatic heterocycles. The highest BCUT2D eigenvalue weighted by Gasteiger charge is 2.23. The van der Waals surface area contributed by atoms with Gasteiger partial charge in [-0.3, -0.25) is 9.78 Å². The molecule has 1 fully saturated rings. The van der Waals surface area contributed by atoms with Crippen LogP contribution in [0.3, 0.4) is 0 Å². The van der Waals surface area contributed by atoms with Gasteiger partial charge in [0, 0.05) is 48.4 Å². The van der Waals surface area contributed by atoms with Gasteiger partial charge in [0.05, 0.1) is 0 Å². The van der Waals surface area contributed by atoms with E-state index in [0.29, 0.717) is 29.6 Å². The van der Waals surface area contributed by atoms with Crippen molar-refractivity contribution < 1.29 is 9.59 Å². The number of hydrogen-bond acceptors (Lipinski definition) is 4. The lowest BCUT2D eigenvalue weighted by Crippen LogP contribution is -2.49. The summed E-state index contributed by atoms with van der Waals surface area (Å²) in [5, 5.41) is 9.24. The Morgan fingerprint density at radius 3 is 2.47 bits per heavy atom. The molecule has 1 aromatic heterocycles. The van der Waals surface area contributed by atoms with Crippen molar-refractivity contribution in [1.82, 2.24) is 15.6 Å². The lowest BCUT2D eigenvalue weighted by Gasteiger charge is -2.33. The highest BCUT2D eigenvalue weighted by molar-refractivity contribution is 6.30. The summed E-state index contributed by atoms with van der Waals surface area (Å²) in [6, 6.07) is 9.97. The maximum absolute atomic E-state index is 12.8. The summed E-state index contributed by atoms with van der Waals surface area (Å²) in [5.41, 5.74) is 1.82. The Bertz CT molecular complexity index is 854. The first kappa shape index (κ1) is 23.9. The Balaban J connectivity index is 1.45. The van der Waals surface area contributed by atoms with Crippen LogP contribution in [0.5, 0.6) is 0 Å². The van der Waals surface area contributed by atoms with E-state index in [0.717, 1.165) is 38.8 Å². The number of pyridine rings is 1. The molecule has 0 radical (unpaired) electrons. The predicted octanol–water partition coefficient (Wildman–Crippen LogP) is 4.45. The highest BCUT2D eigenvalue weighted by atomic mass is 35.5. The van der Waals surface area contributed by atoms with Crippen LogP contribution in [0, 0.1) is 5.92 Å². The molecular weight excluding hydrogens is 426 g/mol. The van der Waals surface area contributed by atoms with E-state index in [2.05, 4.69) is 32.8 Å². The Kier molecular flexibility index (Phi) is 9.16. The molecule has 7 nitrogen and oxygen atoms in total. The van der Waals surface area contributed by atoms with E-state index in [1.165, 1.54) is 5.69 Å². The van der Waals surface area contributed by atoms with Crippen LogP contribution in [0.15, 0.2) is 48.8 Å². The number of benzene rings is 1. The zero-order chi connectivity index (χ0) is 22.8. The van der Waals surface area contributed by atoms with E-state index in [-0.39, 0.29) is 5.91 Å². The smallest absolute Gasteiger partial charge is 0.319 e. The van der Waals surface area contributed by atoms with Crippen LogP contribution < -0.4 is 20.9 Å². The van der Waals surface area contributed by atoms with E-state index in [9.17, 15) is 9.59 Å². The Morgan fingerprint density at radius 2 is 1.81 bits per heavy atom. The van der Waals surface area contributed by atoms with Crippen LogP contribution in [0.1, 0.15) is 39.0 Å². The summed E-state index contributed by atoms with van der Waals surface area (Å²) in [6.45, 7) is 4.63. The molecule has 0 saturated carbocycles. The van der Waals surface area contributed by atoms with E-state index >= 15 is 0 Å². The maximum Gasteiger partial charge on any atom is 0.319 e. The van der Waals surface area contributed by atoms with E-state index in [4.69, 9.17) is 11.6 Å². The first-order chi connectivity index (χ1) is 15.5. The Labute approximate surface area is 194 Å². The summed E-state index contributed by atoms with van der Waals surface area (Å²) < 4.78 is 0. The molecule has 8 heteroatoms. The van der Waals surface area contributed by atoms with Crippen molar-refractivity contribution in [2.45, 2.75) is 45.1 Å². The number of amides is 3. The number of carbonyl (C=O) groups excluding carboxylic acids is 2. The van der Waals surface area contributed by atoms with E-state index in [1.54, 1.807) is 24.3 Å². The van der Waals surface area contributed by atoms with Crippen molar-refractivity contribution in [3.05, 3.63) is 53.8 Å². The lowest BCUT2D eigenvalue weighted by molar-refractivity contribution is -0.123. The third-order valence-corrected chi connectivity index (χ3v) is 6.03. The average molecular weight is 458 g/mol. The third kappa shape index (κ3) is 7.41. The molecule has 3 amide bonds. The van der Waals surface area contributed by atoms with Gasteiger partial charge in [-0.2, -0.15) is 0 Å². The zero-order valence-electron chi connectivity index (χ0n) is 18.5. The first-order valence-electron chi connectivity index (χ1n) is 11.3. The summed E-state index contributed by atoms with van der Waals surface area (Å²) in [6.07, 6.45) is 8.10. The molecule has 2 aromatic rings. The molecule has 0 aliphatic carbocycles. The van der Waals surface area contributed by atoms with Gasteiger partial charge in [-0.15, -0.1) is 0 Å². The molecule has 0 unspecified atom stereocenters. The number of carbonyl (C=O) groups is 2. The van der Waals surface area contributed by atoms with Gasteiger partial charge < -0.3 is 20.9 Å². The maximum atomic E-state index is 12.8. The van der Waals surface area contributed by atoms with Gasteiger partial charge in [-0.05, 0) is 61.6 Å². The highest BCUT2D eigenvalue weighted by Crippen LogP contribution is 2.22. The van der Waals surface area contributed by atoms with Crippen molar-refractivity contribution >= 4 is 34.9 Å². The van der Waals surface area contributed by atoms with Crippen LogP contribution in [0.4, 0.5) is 16.2 Å². The van der Waals surface area contributed by atoms with Gasteiger partial charge in [0.15, 0.2) is 0 Å². The topological polar surface area (TPSA) is 86.4 Å². The Morgan fingerprint density at radius 1 is 1.12 bits per heavy atom. The number of urea groups is 1. The Hall–Kier alpha value is -2.80. The average Bonchev–Trinajstić information content (AvgIpc) is 2.82. The largest absolute Gasteiger partial charge is 0.371 e. The number of rotatable bonds is 9. The number of nitrogens with zero attached hydrogens (tertiary/aromatic N) is 2. The number of nitrogens with one attached hydrogen (secondary N) is 3. The quantitative estimate of drug-likeness (QED) is 0.519. The minimum Gasteiger partial charge on any atom is -0.371 e. The number of piperidine rings is 1. The lowest BCUT2D eigenvalue weighted by atomic mass is 9.96. The molecule has 1 saturated heterocycles. The van der Waals surface area contributed by atoms with Crippen LogP contribution >= 0.6 is 11.6 Å². The summed E-state index contributed by atoms with van der Waals surface area (Å²) >= 11 is 5.88. The standard InChI is InChI=1S/C24H32ClN5O2/c1-2-3-4-22(29-24(32)28-20-7-5-19(25)6-8-20)23(31)27-17-18-11-15-30(16-12-18)21-9-13-26-14-10-21/h5-10,13-14,18,22H,2-4,11-12,15-17H2,1H3,(H,27,31)(H2,28,29,32)/t22-/m1/s1. The summed E-state index contributed by atoms with van der Waals surface area (Å²) in [4.78, 5) is 31.7. The molecule has 1 atom stereocenters. The molecule has 0 spiro atoms. The van der Waals surface area contributed by atoms with Crippen molar-refractivity contribution in [3.8, 4) is 0 Å². The van der Waals surface area contributed by atoms with Gasteiger partial charge >= 0.3 is 6.03 Å². The molecule has 3 rings (SSSR count). The van der Waals surface area contributed by atoms with Gasteiger partial charge in [-0.1, -0.05) is 31.4 Å². The van der Waals surface area contributed by atoms with Gasteiger partial charge in [-0.25, -0.2) is 4.79 Å². The monoisotopic (exact) mass is 457 g/mol. The normalized spacial score (nSPS) is 15.1. The van der Waals surface area contributed by atoms with Crippen LogP contribution in [-0.4, -0.2) is 42.6 Å². The number of hydrogen-bond donors (Lipinski definition) is 3. The zero-order valence-corrected chi connectivity index (χ0v) is 19.3. The van der Waals surface area contributed by atoms with Gasteiger partial charge in [0.1, 0.15) is 6.04 Å². The molecular formula is C24H32ClN5O2. The number of halogens is 1. The minimum atomic E-state index is -0.556. The molecule has 1 aliphatic rings. The molecule has 1 aromatic carbocycles. The first-order valence-corrected chi connectivity index (χ1v) is 11.7. The molecule has 0 bridgehead atoms. The molecule has 3 N–H and O–H groups in total. The second-order valence-corrected chi connectivity index (χ2v) is 8.62. The van der Waals surface area contributed by atoms with Crippen molar-refractivity contribution in [2.24, 2.45) is 5.92 Å². The number of anilines is 2. The van der Waals surface area contributed by atoms with Crippen LogP contribution in [0.25, 0.3) is 0 Å². The molecule has 2 heterocycles. The summed E-state index contributed by atoms with van der Waals surface area (Å²) in [7, 11) is 0. The second-order valence-electron chi connectivity index (χ2n) is 8.18. The van der Waals surface area contributed by atoms with Crippen LogP contribution in [-0.2, 0) is 4.79 Å². The van der Waals surface area contributed by atoms with E-state index < -0.39 is 12.1 Å². The van der Waals surface area contributed by atoms with Gasteiger partial charge in [0.2, 0.25) is 5.91 Å². The molecule has 172 valence electrons. The number of aromatic nitrogens is 1. The third-order valence-electron chi connectivity index (χ3n) is 5.78. The van der Waals surface area contributed by atoms with Crippen molar-refractivity contribution in [3.63, 3.8) is 0 Å².